The van der Waals surface area contributed by atoms with Gasteiger partial charge in [-0.15, -0.1) is 0 Å². The Bertz CT molecular complexity index is 761. The summed E-state index contributed by atoms with van der Waals surface area (Å²) in [4.78, 5) is 0. The third-order valence-corrected chi connectivity index (χ3v) is 4.05. The lowest BCUT2D eigenvalue weighted by atomic mass is 10.0. The van der Waals surface area contributed by atoms with Crippen molar-refractivity contribution in [1.82, 2.24) is 4.57 Å². The standard InChI is InChI=1S/C17H17F2NO/c1-3-17(2,21)10-20-15-6-4-11(18)8-13(15)14-9-12(19)5-7-16(14)20/h4-9,21H,3,10H2,1-2H3. The van der Waals surface area contributed by atoms with Crippen molar-refractivity contribution in [3.8, 4) is 0 Å². The molecule has 0 amide bonds. The Morgan fingerprint density at radius 2 is 1.48 bits per heavy atom. The predicted molar refractivity (Wildman–Crippen MR) is 80.3 cm³/mol. The molecule has 3 rings (SSSR count). The molecule has 1 atom stereocenters. The largest absolute Gasteiger partial charge is 0.388 e. The number of rotatable bonds is 3. The van der Waals surface area contributed by atoms with E-state index in [1.54, 1.807) is 19.1 Å². The van der Waals surface area contributed by atoms with Gasteiger partial charge in [0.1, 0.15) is 11.6 Å². The highest BCUT2D eigenvalue weighted by molar-refractivity contribution is 6.08. The fraction of sp³-hybridized carbons (Fsp3) is 0.294. The van der Waals surface area contributed by atoms with Crippen LogP contribution in [0.2, 0.25) is 0 Å². The van der Waals surface area contributed by atoms with E-state index in [4.69, 9.17) is 0 Å². The summed E-state index contributed by atoms with van der Waals surface area (Å²) in [7, 11) is 0. The van der Waals surface area contributed by atoms with E-state index in [0.717, 1.165) is 11.0 Å². The molecule has 0 radical (unpaired) electrons. The van der Waals surface area contributed by atoms with E-state index in [0.29, 0.717) is 23.7 Å². The number of halogens is 2. The predicted octanol–water partition coefficient (Wildman–Crippen LogP) is 4.23. The number of nitrogens with zero attached hydrogens (tertiary/aromatic N) is 1. The summed E-state index contributed by atoms with van der Waals surface area (Å²) < 4.78 is 29.0. The third-order valence-electron chi connectivity index (χ3n) is 4.05. The lowest BCUT2D eigenvalue weighted by Gasteiger charge is -2.23. The van der Waals surface area contributed by atoms with Gasteiger partial charge in [-0.25, -0.2) is 8.78 Å². The number of fused-ring (bicyclic) bond motifs is 3. The lowest BCUT2D eigenvalue weighted by Crippen LogP contribution is -2.29. The van der Waals surface area contributed by atoms with E-state index in [1.165, 1.54) is 24.3 Å². The van der Waals surface area contributed by atoms with E-state index in [9.17, 15) is 13.9 Å². The van der Waals surface area contributed by atoms with Gasteiger partial charge in [0, 0.05) is 21.8 Å². The molecule has 0 saturated carbocycles. The summed E-state index contributed by atoms with van der Waals surface area (Å²) in [6.07, 6.45) is 0.594. The van der Waals surface area contributed by atoms with Crippen molar-refractivity contribution in [1.29, 1.82) is 0 Å². The summed E-state index contributed by atoms with van der Waals surface area (Å²) in [5.41, 5.74) is 0.721. The first-order valence-corrected chi connectivity index (χ1v) is 7.01. The minimum atomic E-state index is -0.873. The van der Waals surface area contributed by atoms with Crippen LogP contribution in [0.3, 0.4) is 0 Å². The van der Waals surface area contributed by atoms with Crippen molar-refractivity contribution in [3.05, 3.63) is 48.0 Å². The molecule has 0 aliphatic rings. The van der Waals surface area contributed by atoms with Gasteiger partial charge in [0.15, 0.2) is 0 Å². The summed E-state index contributed by atoms with van der Waals surface area (Å²) >= 11 is 0. The first kappa shape index (κ1) is 14.0. The van der Waals surface area contributed by atoms with Crippen LogP contribution in [0.15, 0.2) is 36.4 Å². The summed E-state index contributed by atoms with van der Waals surface area (Å²) in [5.74, 6) is -0.707. The van der Waals surface area contributed by atoms with Gasteiger partial charge >= 0.3 is 0 Å². The number of aromatic nitrogens is 1. The Kier molecular flexibility index (Phi) is 3.21. The Morgan fingerprint density at radius 3 is 1.90 bits per heavy atom. The molecule has 2 aromatic carbocycles. The molecule has 1 unspecified atom stereocenters. The zero-order valence-corrected chi connectivity index (χ0v) is 12.0. The second-order valence-corrected chi connectivity index (χ2v) is 5.76. The van der Waals surface area contributed by atoms with E-state index >= 15 is 0 Å². The smallest absolute Gasteiger partial charge is 0.123 e. The van der Waals surface area contributed by atoms with Crippen LogP contribution in [0, 0.1) is 11.6 Å². The van der Waals surface area contributed by atoms with Crippen molar-refractivity contribution in [2.24, 2.45) is 0 Å². The molecule has 21 heavy (non-hydrogen) atoms. The van der Waals surface area contributed by atoms with Crippen molar-refractivity contribution < 1.29 is 13.9 Å². The van der Waals surface area contributed by atoms with Gasteiger partial charge in [-0.2, -0.15) is 0 Å². The molecule has 4 heteroatoms. The molecule has 0 fully saturated rings. The highest BCUT2D eigenvalue weighted by atomic mass is 19.1. The topological polar surface area (TPSA) is 25.2 Å². The van der Waals surface area contributed by atoms with Gasteiger partial charge in [0.25, 0.3) is 0 Å². The third kappa shape index (κ3) is 2.40. The molecule has 0 spiro atoms. The highest BCUT2D eigenvalue weighted by Crippen LogP contribution is 2.31. The van der Waals surface area contributed by atoms with Crippen molar-refractivity contribution >= 4 is 21.8 Å². The van der Waals surface area contributed by atoms with Gasteiger partial charge in [-0.05, 0) is 49.7 Å². The molecule has 3 aromatic rings. The maximum atomic E-state index is 13.5. The van der Waals surface area contributed by atoms with Gasteiger partial charge in [0.2, 0.25) is 0 Å². The number of hydrogen-bond acceptors (Lipinski definition) is 1. The number of hydrogen-bond donors (Lipinski definition) is 1. The van der Waals surface area contributed by atoms with E-state index < -0.39 is 5.60 Å². The molecule has 0 saturated heterocycles. The Balaban J connectivity index is 2.35. The van der Waals surface area contributed by atoms with E-state index in [1.807, 2.05) is 11.5 Å². The fourth-order valence-electron chi connectivity index (χ4n) is 2.67. The molecular formula is C17H17F2NO. The second kappa shape index (κ2) is 4.81. The Hall–Kier alpha value is -1.94. The zero-order valence-electron chi connectivity index (χ0n) is 12.0. The molecule has 1 N–H and O–H groups in total. The normalized spacial score (nSPS) is 14.7. The Morgan fingerprint density at radius 1 is 1.00 bits per heavy atom. The summed E-state index contributed by atoms with van der Waals surface area (Å²) in [6, 6.07) is 8.94. The van der Waals surface area contributed by atoms with E-state index in [-0.39, 0.29) is 11.6 Å². The monoisotopic (exact) mass is 289 g/mol. The average molecular weight is 289 g/mol. The fourth-order valence-corrected chi connectivity index (χ4v) is 2.67. The Labute approximate surface area is 121 Å². The molecule has 0 aliphatic heterocycles. The van der Waals surface area contributed by atoms with Crippen molar-refractivity contribution in [2.45, 2.75) is 32.4 Å². The summed E-state index contributed by atoms with van der Waals surface area (Å²) in [5, 5.41) is 11.7. The molecule has 1 aromatic heterocycles. The van der Waals surface area contributed by atoms with Gasteiger partial charge < -0.3 is 9.67 Å². The maximum Gasteiger partial charge on any atom is 0.123 e. The quantitative estimate of drug-likeness (QED) is 0.766. The van der Waals surface area contributed by atoms with Crippen LogP contribution in [0.1, 0.15) is 20.3 Å². The van der Waals surface area contributed by atoms with Crippen LogP contribution >= 0.6 is 0 Å². The van der Waals surface area contributed by atoms with Gasteiger partial charge in [-0.1, -0.05) is 6.92 Å². The van der Waals surface area contributed by atoms with Crippen LogP contribution in [0.25, 0.3) is 21.8 Å². The van der Waals surface area contributed by atoms with Crippen LogP contribution in [0.4, 0.5) is 8.78 Å². The van der Waals surface area contributed by atoms with E-state index in [2.05, 4.69) is 0 Å². The lowest BCUT2D eigenvalue weighted by molar-refractivity contribution is 0.0402. The molecule has 2 nitrogen and oxygen atoms in total. The highest BCUT2D eigenvalue weighted by Gasteiger charge is 2.21. The van der Waals surface area contributed by atoms with Crippen LogP contribution < -0.4 is 0 Å². The molecule has 110 valence electrons. The minimum absolute atomic E-state index is 0.354. The number of benzene rings is 2. The average Bonchev–Trinajstić information content (AvgIpc) is 2.72. The van der Waals surface area contributed by atoms with Gasteiger partial charge in [0.05, 0.1) is 12.1 Å². The van der Waals surface area contributed by atoms with Crippen LogP contribution in [0.5, 0.6) is 0 Å². The molecule has 0 aliphatic carbocycles. The number of aliphatic hydroxyl groups is 1. The molecular weight excluding hydrogens is 272 g/mol. The van der Waals surface area contributed by atoms with Crippen LogP contribution in [-0.4, -0.2) is 15.3 Å². The van der Waals surface area contributed by atoms with Crippen molar-refractivity contribution in [3.63, 3.8) is 0 Å². The van der Waals surface area contributed by atoms with Crippen molar-refractivity contribution in [2.75, 3.05) is 0 Å². The maximum absolute atomic E-state index is 13.5. The molecule has 1 heterocycles. The summed E-state index contributed by atoms with van der Waals surface area (Å²) in [6.45, 7) is 4.05. The van der Waals surface area contributed by atoms with Crippen LogP contribution in [-0.2, 0) is 6.54 Å². The zero-order chi connectivity index (χ0) is 15.2. The minimum Gasteiger partial charge on any atom is -0.388 e. The first-order chi connectivity index (χ1) is 9.91. The second-order valence-electron chi connectivity index (χ2n) is 5.76. The first-order valence-electron chi connectivity index (χ1n) is 7.01. The SMILES string of the molecule is CCC(C)(O)Cn1c2ccc(F)cc2c2cc(F)ccc21. The van der Waals surface area contributed by atoms with Gasteiger partial charge in [-0.3, -0.25) is 0 Å². The molecule has 0 bridgehead atoms.